The third kappa shape index (κ3) is 4.17. The molecule has 6 nitrogen and oxygen atoms in total. The lowest BCUT2D eigenvalue weighted by molar-refractivity contribution is 0.249. The molecule has 3 aromatic rings. The summed E-state index contributed by atoms with van der Waals surface area (Å²) in [5, 5.41) is 0. The number of anilines is 2. The summed E-state index contributed by atoms with van der Waals surface area (Å²) in [6.07, 6.45) is 1.51. The Labute approximate surface area is 159 Å². The number of piperazine rings is 1. The van der Waals surface area contributed by atoms with Gasteiger partial charge in [0, 0.05) is 32.7 Å². The Bertz CT molecular complexity index is 864. The van der Waals surface area contributed by atoms with Gasteiger partial charge in [0.2, 0.25) is 5.88 Å². The fourth-order valence-electron chi connectivity index (χ4n) is 3.26. The van der Waals surface area contributed by atoms with E-state index in [9.17, 15) is 0 Å². The van der Waals surface area contributed by atoms with E-state index in [0.717, 1.165) is 38.5 Å². The molecule has 0 aliphatic carbocycles. The number of hydrogen-bond donors (Lipinski definition) is 1. The fraction of sp³-hybridized carbons (Fsp3) is 0.238. The molecular formula is C21H23N5O. The van der Waals surface area contributed by atoms with Crippen LogP contribution in [0.2, 0.25) is 0 Å². The van der Waals surface area contributed by atoms with Gasteiger partial charge in [-0.05, 0) is 17.7 Å². The molecule has 1 aliphatic heterocycles. The summed E-state index contributed by atoms with van der Waals surface area (Å²) in [6, 6.07) is 20.1. The molecule has 1 fully saturated rings. The lowest BCUT2D eigenvalue weighted by atomic mass is 10.2. The molecule has 2 heterocycles. The van der Waals surface area contributed by atoms with Gasteiger partial charge in [0.1, 0.15) is 17.8 Å². The van der Waals surface area contributed by atoms with Crippen LogP contribution in [-0.2, 0) is 6.54 Å². The monoisotopic (exact) mass is 361 g/mol. The summed E-state index contributed by atoms with van der Waals surface area (Å²) in [5.74, 6) is 1.86. The van der Waals surface area contributed by atoms with E-state index < -0.39 is 0 Å². The van der Waals surface area contributed by atoms with Crippen molar-refractivity contribution in [2.75, 3.05) is 36.8 Å². The van der Waals surface area contributed by atoms with E-state index in [1.807, 2.05) is 30.3 Å². The van der Waals surface area contributed by atoms with Gasteiger partial charge in [-0.15, -0.1) is 0 Å². The predicted molar refractivity (Wildman–Crippen MR) is 107 cm³/mol. The first-order valence-electron chi connectivity index (χ1n) is 9.14. The van der Waals surface area contributed by atoms with E-state index in [0.29, 0.717) is 17.3 Å². The molecule has 2 N–H and O–H groups in total. The lowest BCUT2D eigenvalue weighted by Crippen LogP contribution is -2.46. The van der Waals surface area contributed by atoms with Crippen LogP contribution < -0.4 is 15.4 Å². The van der Waals surface area contributed by atoms with Crippen molar-refractivity contribution in [1.29, 1.82) is 0 Å². The van der Waals surface area contributed by atoms with Gasteiger partial charge in [-0.25, -0.2) is 4.98 Å². The maximum atomic E-state index is 6.31. The number of ether oxygens (including phenoxy) is 1. The molecule has 1 aromatic heterocycles. The van der Waals surface area contributed by atoms with Gasteiger partial charge >= 0.3 is 0 Å². The summed E-state index contributed by atoms with van der Waals surface area (Å²) >= 11 is 0. The Morgan fingerprint density at radius 3 is 2.22 bits per heavy atom. The third-order valence-electron chi connectivity index (χ3n) is 4.70. The van der Waals surface area contributed by atoms with Crippen LogP contribution in [0, 0.1) is 0 Å². The van der Waals surface area contributed by atoms with E-state index in [2.05, 4.69) is 50.1 Å². The van der Waals surface area contributed by atoms with Crippen LogP contribution in [0.4, 0.5) is 11.5 Å². The summed E-state index contributed by atoms with van der Waals surface area (Å²) in [4.78, 5) is 13.3. The Morgan fingerprint density at radius 2 is 1.52 bits per heavy atom. The molecule has 4 rings (SSSR count). The molecule has 2 aromatic carbocycles. The smallest absolute Gasteiger partial charge is 0.248 e. The second-order valence-corrected chi connectivity index (χ2v) is 6.58. The van der Waals surface area contributed by atoms with E-state index in [1.54, 1.807) is 0 Å². The Hall–Kier alpha value is -3.12. The van der Waals surface area contributed by atoms with Gasteiger partial charge in [-0.2, -0.15) is 4.98 Å². The van der Waals surface area contributed by atoms with Crippen LogP contribution in [0.15, 0.2) is 67.0 Å². The van der Waals surface area contributed by atoms with E-state index >= 15 is 0 Å². The minimum Gasteiger partial charge on any atom is -0.437 e. The number of benzene rings is 2. The van der Waals surface area contributed by atoms with Gasteiger partial charge in [-0.1, -0.05) is 48.5 Å². The average molecular weight is 361 g/mol. The second-order valence-electron chi connectivity index (χ2n) is 6.58. The first-order chi connectivity index (χ1) is 13.3. The highest BCUT2D eigenvalue weighted by atomic mass is 16.5. The van der Waals surface area contributed by atoms with Gasteiger partial charge in [0.15, 0.2) is 5.82 Å². The quantitative estimate of drug-likeness (QED) is 0.753. The van der Waals surface area contributed by atoms with Gasteiger partial charge < -0.3 is 15.4 Å². The normalized spacial score (nSPS) is 14.9. The number of aromatic nitrogens is 2. The molecule has 1 aliphatic rings. The lowest BCUT2D eigenvalue weighted by Gasteiger charge is -2.35. The van der Waals surface area contributed by atoms with E-state index in [1.165, 1.54) is 11.9 Å². The fourth-order valence-corrected chi connectivity index (χ4v) is 3.26. The van der Waals surface area contributed by atoms with Crippen LogP contribution in [0.1, 0.15) is 5.56 Å². The van der Waals surface area contributed by atoms with Crippen LogP contribution >= 0.6 is 0 Å². The van der Waals surface area contributed by atoms with Crippen molar-refractivity contribution in [3.05, 3.63) is 72.6 Å². The van der Waals surface area contributed by atoms with Crippen molar-refractivity contribution in [1.82, 2.24) is 14.9 Å². The summed E-state index contributed by atoms with van der Waals surface area (Å²) in [6.45, 7) is 4.65. The number of nitrogens with two attached hydrogens (primary N) is 1. The van der Waals surface area contributed by atoms with Gasteiger partial charge in [-0.3, -0.25) is 4.90 Å². The average Bonchev–Trinajstić information content (AvgIpc) is 2.72. The molecule has 0 bridgehead atoms. The Morgan fingerprint density at radius 1 is 0.852 bits per heavy atom. The molecule has 138 valence electrons. The maximum Gasteiger partial charge on any atom is 0.248 e. The highest BCUT2D eigenvalue weighted by molar-refractivity contribution is 5.68. The topological polar surface area (TPSA) is 67.5 Å². The van der Waals surface area contributed by atoms with E-state index in [-0.39, 0.29) is 0 Å². The van der Waals surface area contributed by atoms with Crippen LogP contribution in [-0.4, -0.2) is 41.0 Å². The zero-order valence-corrected chi connectivity index (χ0v) is 15.2. The highest BCUT2D eigenvalue weighted by Crippen LogP contribution is 2.31. The molecule has 0 amide bonds. The van der Waals surface area contributed by atoms with Crippen molar-refractivity contribution in [3.8, 4) is 11.6 Å². The molecule has 1 saturated heterocycles. The Balaban J connectivity index is 1.41. The molecule has 0 radical (unpaired) electrons. The van der Waals surface area contributed by atoms with E-state index in [4.69, 9.17) is 10.5 Å². The molecule has 0 spiro atoms. The molecule has 0 atom stereocenters. The summed E-state index contributed by atoms with van der Waals surface area (Å²) < 4.78 is 5.83. The van der Waals surface area contributed by atoms with Crippen molar-refractivity contribution < 1.29 is 4.74 Å². The Kier molecular flexibility index (Phi) is 5.16. The zero-order valence-electron chi connectivity index (χ0n) is 15.2. The number of para-hydroxylation sites is 1. The number of rotatable bonds is 5. The molecular weight excluding hydrogens is 338 g/mol. The zero-order chi connectivity index (χ0) is 18.5. The minimum atomic E-state index is 0.401. The number of nitrogens with zero attached hydrogens (tertiary/aromatic N) is 4. The highest BCUT2D eigenvalue weighted by Gasteiger charge is 2.22. The van der Waals surface area contributed by atoms with Crippen molar-refractivity contribution in [2.45, 2.75) is 6.54 Å². The minimum absolute atomic E-state index is 0.401. The van der Waals surface area contributed by atoms with Crippen molar-refractivity contribution >= 4 is 11.5 Å². The summed E-state index contributed by atoms with van der Waals surface area (Å²) in [5.41, 5.74) is 8.14. The third-order valence-corrected chi connectivity index (χ3v) is 4.70. The van der Waals surface area contributed by atoms with Crippen molar-refractivity contribution in [3.63, 3.8) is 0 Å². The summed E-state index contributed by atoms with van der Waals surface area (Å²) in [7, 11) is 0. The first-order valence-corrected chi connectivity index (χ1v) is 9.14. The van der Waals surface area contributed by atoms with Crippen LogP contribution in [0.3, 0.4) is 0 Å². The van der Waals surface area contributed by atoms with Crippen LogP contribution in [0.25, 0.3) is 0 Å². The number of nitrogen functional groups attached to an aromatic ring is 1. The van der Waals surface area contributed by atoms with Crippen LogP contribution in [0.5, 0.6) is 11.6 Å². The molecule has 0 unspecified atom stereocenters. The molecule has 0 saturated carbocycles. The maximum absolute atomic E-state index is 6.31. The van der Waals surface area contributed by atoms with Crippen molar-refractivity contribution in [2.24, 2.45) is 0 Å². The number of hydrogen-bond acceptors (Lipinski definition) is 6. The standard InChI is InChI=1S/C21H23N5O/c22-19-20(23-16-24-21(19)27-18-9-5-2-6-10-18)26-13-11-25(12-14-26)15-17-7-3-1-4-8-17/h1-10,16H,11-15,22H2. The van der Waals surface area contributed by atoms with Gasteiger partial charge in [0.05, 0.1) is 0 Å². The first kappa shape index (κ1) is 17.3. The largest absolute Gasteiger partial charge is 0.437 e. The SMILES string of the molecule is Nc1c(Oc2ccccc2)ncnc1N1CCN(Cc2ccccc2)CC1. The molecule has 27 heavy (non-hydrogen) atoms. The predicted octanol–water partition coefficient (Wildman–Crippen LogP) is 3.17. The molecule has 6 heteroatoms. The second kappa shape index (κ2) is 8.05. The van der Waals surface area contributed by atoms with Gasteiger partial charge in [0.25, 0.3) is 0 Å².